The van der Waals surface area contributed by atoms with Gasteiger partial charge in [-0.25, -0.2) is 0 Å². The zero-order valence-electron chi connectivity index (χ0n) is 13.3. The van der Waals surface area contributed by atoms with Gasteiger partial charge in [-0.2, -0.15) is 4.98 Å². The predicted molar refractivity (Wildman–Crippen MR) is 82.9 cm³/mol. The first-order valence-electron chi connectivity index (χ1n) is 8.11. The average molecular weight is 338 g/mol. The SMILES string of the molecule is NC(=O)C[C@H](NC(=O)[C@@H]1C[C@H](O)CN1)c1nc(N2CCCC2)no1. The molecule has 5 N–H and O–H groups in total. The third-order valence-electron chi connectivity index (χ3n) is 4.26. The Bertz CT molecular complexity index is 600. The second-order valence-corrected chi connectivity index (χ2v) is 6.21. The van der Waals surface area contributed by atoms with Gasteiger partial charge in [-0.3, -0.25) is 9.59 Å². The van der Waals surface area contributed by atoms with E-state index in [4.69, 9.17) is 10.3 Å². The maximum Gasteiger partial charge on any atom is 0.266 e. The van der Waals surface area contributed by atoms with Crippen LogP contribution < -0.4 is 21.3 Å². The lowest BCUT2D eigenvalue weighted by molar-refractivity contribution is -0.124. The normalized spacial score (nSPS) is 25.0. The molecule has 3 rings (SSSR count). The monoisotopic (exact) mass is 338 g/mol. The summed E-state index contributed by atoms with van der Waals surface area (Å²) < 4.78 is 5.23. The number of aromatic nitrogens is 2. The van der Waals surface area contributed by atoms with E-state index in [1.807, 2.05) is 4.90 Å². The Hall–Kier alpha value is -2.20. The summed E-state index contributed by atoms with van der Waals surface area (Å²) in [5.74, 6) is -0.303. The number of carbonyl (C=O) groups is 2. The van der Waals surface area contributed by atoms with Crippen LogP contribution in [0.3, 0.4) is 0 Å². The smallest absolute Gasteiger partial charge is 0.266 e. The number of hydrogen-bond acceptors (Lipinski definition) is 8. The van der Waals surface area contributed by atoms with Crippen LogP contribution in [0.5, 0.6) is 0 Å². The highest BCUT2D eigenvalue weighted by molar-refractivity contribution is 5.83. The van der Waals surface area contributed by atoms with Crippen molar-refractivity contribution in [3.05, 3.63) is 5.89 Å². The van der Waals surface area contributed by atoms with Gasteiger partial charge in [-0.1, -0.05) is 0 Å². The molecule has 3 atom stereocenters. The van der Waals surface area contributed by atoms with Crippen LogP contribution in [0, 0.1) is 0 Å². The third kappa shape index (κ3) is 3.82. The van der Waals surface area contributed by atoms with Crippen LogP contribution in [0.1, 0.15) is 37.6 Å². The molecule has 0 spiro atoms. The molecule has 0 unspecified atom stereocenters. The molecule has 2 fully saturated rings. The number of rotatable bonds is 6. The van der Waals surface area contributed by atoms with E-state index in [9.17, 15) is 14.7 Å². The molecule has 0 aromatic carbocycles. The molecule has 1 aromatic rings. The van der Waals surface area contributed by atoms with E-state index in [-0.39, 0.29) is 18.2 Å². The first kappa shape index (κ1) is 16.7. The molecule has 10 heteroatoms. The zero-order chi connectivity index (χ0) is 17.1. The van der Waals surface area contributed by atoms with Crippen LogP contribution >= 0.6 is 0 Å². The van der Waals surface area contributed by atoms with Gasteiger partial charge >= 0.3 is 0 Å². The Morgan fingerprint density at radius 3 is 2.83 bits per heavy atom. The summed E-state index contributed by atoms with van der Waals surface area (Å²) in [6.45, 7) is 2.07. The van der Waals surface area contributed by atoms with Crippen molar-refractivity contribution in [3.63, 3.8) is 0 Å². The topological polar surface area (TPSA) is 147 Å². The minimum absolute atomic E-state index is 0.136. The number of β-amino-alcohol motifs (C(OH)–C–C–N with tert-alkyl or cyclic N) is 1. The summed E-state index contributed by atoms with van der Waals surface area (Å²) in [6.07, 6.45) is 1.77. The first-order chi connectivity index (χ1) is 11.5. The largest absolute Gasteiger partial charge is 0.392 e. The molecule has 2 amide bonds. The van der Waals surface area contributed by atoms with E-state index in [1.54, 1.807) is 0 Å². The Kier molecular flexibility index (Phi) is 4.95. The molecule has 3 heterocycles. The number of anilines is 1. The van der Waals surface area contributed by atoms with Gasteiger partial charge in [-0.05, 0) is 24.4 Å². The van der Waals surface area contributed by atoms with Gasteiger partial charge in [0.05, 0.1) is 18.6 Å². The lowest BCUT2D eigenvalue weighted by Crippen LogP contribution is -2.43. The van der Waals surface area contributed by atoms with Crippen molar-refractivity contribution < 1.29 is 19.2 Å². The van der Waals surface area contributed by atoms with E-state index in [1.165, 1.54) is 0 Å². The van der Waals surface area contributed by atoms with E-state index < -0.39 is 24.1 Å². The van der Waals surface area contributed by atoms with Gasteiger partial charge < -0.3 is 30.9 Å². The summed E-state index contributed by atoms with van der Waals surface area (Å²) in [6, 6.07) is -1.30. The lowest BCUT2D eigenvalue weighted by Gasteiger charge is -2.17. The van der Waals surface area contributed by atoms with Crippen LogP contribution in [0.25, 0.3) is 0 Å². The molecular formula is C14H22N6O4. The van der Waals surface area contributed by atoms with Crippen LogP contribution in [0.4, 0.5) is 5.95 Å². The van der Waals surface area contributed by atoms with Crippen LogP contribution in [0.2, 0.25) is 0 Å². The van der Waals surface area contributed by atoms with Crippen LogP contribution in [-0.2, 0) is 9.59 Å². The lowest BCUT2D eigenvalue weighted by atomic mass is 10.1. The summed E-state index contributed by atoms with van der Waals surface area (Å²) in [5.41, 5.74) is 5.26. The maximum absolute atomic E-state index is 12.3. The molecule has 132 valence electrons. The fourth-order valence-corrected chi connectivity index (χ4v) is 3.00. The van der Waals surface area contributed by atoms with E-state index in [2.05, 4.69) is 20.8 Å². The Morgan fingerprint density at radius 2 is 2.21 bits per heavy atom. The first-order valence-corrected chi connectivity index (χ1v) is 8.11. The second kappa shape index (κ2) is 7.14. The maximum atomic E-state index is 12.3. The summed E-state index contributed by atoms with van der Waals surface area (Å²) >= 11 is 0. The van der Waals surface area contributed by atoms with E-state index in [0.29, 0.717) is 18.9 Å². The molecule has 0 saturated carbocycles. The van der Waals surface area contributed by atoms with Gasteiger partial charge in [0.15, 0.2) is 0 Å². The fourth-order valence-electron chi connectivity index (χ4n) is 3.00. The average Bonchev–Trinajstić information content (AvgIpc) is 3.26. The molecular weight excluding hydrogens is 316 g/mol. The molecule has 2 aliphatic rings. The number of nitrogens with two attached hydrogens (primary N) is 1. The van der Waals surface area contributed by atoms with E-state index in [0.717, 1.165) is 25.9 Å². The number of carbonyl (C=O) groups excluding carboxylic acids is 2. The second-order valence-electron chi connectivity index (χ2n) is 6.21. The van der Waals surface area contributed by atoms with Gasteiger partial charge in [-0.15, -0.1) is 0 Å². The number of nitrogens with zero attached hydrogens (tertiary/aromatic N) is 3. The Labute approximate surface area is 138 Å². The predicted octanol–water partition coefficient (Wildman–Crippen LogP) is -1.57. The van der Waals surface area contributed by atoms with Gasteiger partial charge in [0.2, 0.25) is 11.8 Å². The highest BCUT2D eigenvalue weighted by Gasteiger charge is 2.32. The number of hydrogen-bond donors (Lipinski definition) is 4. The zero-order valence-corrected chi connectivity index (χ0v) is 13.3. The van der Waals surface area contributed by atoms with Crippen molar-refractivity contribution in [2.24, 2.45) is 5.73 Å². The molecule has 0 aliphatic carbocycles. The molecule has 10 nitrogen and oxygen atoms in total. The fraction of sp³-hybridized carbons (Fsp3) is 0.714. The Balaban J connectivity index is 1.69. The Morgan fingerprint density at radius 1 is 1.46 bits per heavy atom. The van der Waals surface area contributed by atoms with Crippen molar-refractivity contribution in [1.82, 2.24) is 20.8 Å². The van der Waals surface area contributed by atoms with Crippen molar-refractivity contribution in [1.29, 1.82) is 0 Å². The van der Waals surface area contributed by atoms with Gasteiger partial charge in [0.1, 0.15) is 6.04 Å². The number of nitrogens with one attached hydrogen (secondary N) is 2. The minimum atomic E-state index is -0.779. The van der Waals surface area contributed by atoms with Crippen molar-refractivity contribution in [2.45, 2.75) is 43.9 Å². The van der Waals surface area contributed by atoms with Crippen LogP contribution in [0.15, 0.2) is 4.52 Å². The van der Waals surface area contributed by atoms with Crippen molar-refractivity contribution in [2.75, 3.05) is 24.5 Å². The van der Waals surface area contributed by atoms with Crippen molar-refractivity contribution >= 4 is 17.8 Å². The summed E-state index contributed by atoms with van der Waals surface area (Å²) in [7, 11) is 0. The molecule has 2 aliphatic heterocycles. The molecule has 1 aromatic heterocycles. The standard InChI is InChI=1S/C14H22N6O4/c15-11(22)6-10(17-12(23)9-5-8(21)7-16-9)13-18-14(19-24-13)20-3-1-2-4-20/h8-10,16,21H,1-7H2,(H2,15,22)(H,17,23)/t8-,9-,10-/m0/s1. The number of primary amides is 1. The van der Waals surface area contributed by atoms with Crippen molar-refractivity contribution in [3.8, 4) is 0 Å². The quantitative estimate of drug-likeness (QED) is 0.486. The highest BCUT2D eigenvalue weighted by Crippen LogP contribution is 2.21. The summed E-state index contributed by atoms with van der Waals surface area (Å²) in [4.78, 5) is 29.9. The van der Waals surface area contributed by atoms with E-state index >= 15 is 0 Å². The van der Waals surface area contributed by atoms with Gasteiger partial charge in [0, 0.05) is 19.6 Å². The molecule has 24 heavy (non-hydrogen) atoms. The summed E-state index contributed by atoms with van der Waals surface area (Å²) in [5, 5.41) is 19.0. The van der Waals surface area contributed by atoms with Gasteiger partial charge in [0.25, 0.3) is 11.8 Å². The van der Waals surface area contributed by atoms with Crippen LogP contribution in [-0.4, -0.2) is 58.8 Å². The third-order valence-corrected chi connectivity index (χ3v) is 4.26. The molecule has 0 radical (unpaired) electrons. The molecule has 2 saturated heterocycles. The minimum Gasteiger partial charge on any atom is -0.392 e. The number of aliphatic hydroxyl groups is 1. The number of aliphatic hydroxyl groups excluding tert-OH is 1. The molecule has 0 bridgehead atoms. The highest BCUT2D eigenvalue weighted by atomic mass is 16.5. The number of amides is 2.